The molecule has 7 heteroatoms. The summed E-state index contributed by atoms with van der Waals surface area (Å²) in [6, 6.07) is 0. The molecule has 2 aliphatic heterocycles. The molecule has 2 heterocycles. The Morgan fingerprint density at radius 1 is 1.03 bits per heavy atom. The van der Waals surface area contributed by atoms with Crippen molar-refractivity contribution in [3.8, 4) is 0 Å². The van der Waals surface area contributed by atoms with Crippen LogP contribution in [0.5, 0.6) is 0 Å². The molecule has 1 saturated carbocycles. The molecule has 1 aliphatic carbocycles. The number of aliphatic imine (C=N–C) groups is 1. The van der Waals surface area contributed by atoms with Gasteiger partial charge in [0.1, 0.15) is 0 Å². The molecule has 0 aromatic carbocycles. The summed E-state index contributed by atoms with van der Waals surface area (Å²) in [5, 5.41) is 7.08. The fourth-order valence-corrected chi connectivity index (χ4v) is 4.87. The Hall–Kier alpha value is -0.890. The molecule has 3 rings (SSSR count). The number of nitrogens with one attached hydrogen (secondary N) is 2. The van der Waals surface area contributed by atoms with Gasteiger partial charge in [0.05, 0.1) is 13.2 Å². The van der Waals surface area contributed by atoms with Crippen molar-refractivity contribution in [3.63, 3.8) is 0 Å². The van der Waals surface area contributed by atoms with Gasteiger partial charge in [0.25, 0.3) is 0 Å². The molecular formula is C22H42N4O3. The lowest BCUT2D eigenvalue weighted by atomic mass is 9.80. The lowest BCUT2D eigenvalue weighted by Gasteiger charge is -2.48. The molecule has 0 atom stereocenters. The summed E-state index contributed by atoms with van der Waals surface area (Å²) >= 11 is 0. The van der Waals surface area contributed by atoms with Crippen molar-refractivity contribution in [3.05, 3.63) is 0 Å². The molecule has 3 fully saturated rings. The summed E-state index contributed by atoms with van der Waals surface area (Å²) in [6.07, 6.45) is 9.85. The van der Waals surface area contributed by atoms with Crippen LogP contribution < -0.4 is 10.6 Å². The third kappa shape index (κ3) is 7.39. The normalized spacial score (nSPS) is 24.4. The molecule has 7 nitrogen and oxygen atoms in total. The Kier molecular flexibility index (Phi) is 10.00. The van der Waals surface area contributed by atoms with E-state index in [0.29, 0.717) is 5.92 Å². The molecule has 0 spiro atoms. The van der Waals surface area contributed by atoms with Crippen molar-refractivity contribution >= 4 is 5.96 Å². The van der Waals surface area contributed by atoms with Gasteiger partial charge in [0.2, 0.25) is 0 Å². The second-order valence-corrected chi connectivity index (χ2v) is 8.72. The Morgan fingerprint density at radius 2 is 1.76 bits per heavy atom. The van der Waals surface area contributed by atoms with Crippen molar-refractivity contribution in [2.45, 2.75) is 56.9 Å². The van der Waals surface area contributed by atoms with E-state index in [2.05, 4.69) is 20.5 Å². The van der Waals surface area contributed by atoms with Gasteiger partial charge in [0, 0.05) is 65.2 Å². The van der Waals surface area contributed by atoms with E-state index in [-0.39, 0.29) is 5.54 Å². The number of ether oxygens (including phenoxy) is 3. The summed E-state index contributed by atoms with van der Waals surface area (Å²) in [7, 11) is 1.86. The summed E-state index contributed by atoms with van der Waals surface area (Å²) in [4.78, 5) is 7.10. The highest BCUT2D eigenvalue weighted by Gasteiger charge is 2.38. The van der Waals surface area contributed by atoms with Crippen LogP contribution in [0.3, 0.4) is 0 Å². The highest BCUT2D eigenvalue weighted by atomic mass is 16.5. The lowest BCUT2D eigenvalue weighted by molar-refractivity contribution is -0.0352. The van der Waals surface area contributed by atoms with Gasteiger partial charge >= 0.3 is 0 Å². The fourth-order valence-electron chi connectivity index (χ4n) is 4.87. The highest BCUT2D eigenvalue weighted by molar-refractivity contribution is 5.79. The first-order valence-electron chi connectivity index (χ1n) is 11.8. The first kappa shape index (κ1) is 22.8. The van der Waals surface area contributed by atoms with Crippen LogP contribution in [-0.2, 0) is 14.2 Å². The zero-order valence-corrected chi connectivity index (χ0v) is 18.4. The predicted molar refractivity (Wildman–Crippen MR) is 117 cm³/mol. The fraction of sp³-hybridized carbons (Fsp3) is 0.955. The van der Waals surface area contributed by atoms with Crippen LogP contribution in [0.25, 0.3) is 0 Å². The third-order valence-corrected chi connectivity index (χ3v) is 6.73. The van der Waals surface area contributed by atoms with E-state index >= 15 is 0 Å². The van der Waals surface area contributed by atoms with Gasteiger partial charge in [-0.3, -0.25) is 9.89 Å². The van der Waals surface area contributed by atoms with Crippen LogP contribution >= 0.6 is 0 Å². The minimum absolute atomic E-state index is 0.256. The monoisotopic (exact) mass is 410 g/mol. The van der Waals surface area contributed by atoms with Crippen LogP contribution in [0.4, 0.5) is 0 Å². The predicted octanol–water partition coefficient (Wildman–Crippen LogP) is 2.02. The molecule has 2 saturated heterocycles. The van der Waals surface area contributed by atoms with E-state index in [1.807, 2.05) is 7.05 Å². The molecule has 29 heavy (non-hydrogen) atoms. The third-order valence-electron chi connectivity index (χ3n) is 6.73. The number of morpholine rings is 1. The smallest absolute Gasteiger partial charge is 0.191 e. The summed E-state index contributed by atoms with van der Waals surface area (Å²) < 4.78 is 16.9. The second kappa shape index (κ2) is 12.7. The van der Waals surface area contributed by atoms with Crippen LogP contribution in [0.15, 0.2) is 4.99 Å². The number of hydrogen-bond acceptors (Lipinski definition) is 5. The van der Waals surface area contributed by atoms with Gasteiger partial charge in [-0.25, -0.2) is 0 Å². The van der Waals surface area contributed by atoms with E-state index in [1.54, 1.807) is 0 Å². The molecule has 0 amide bonds. The minimum Gasteiger partial charge on any atom is -0.381 e. The van der Waals surface area contributed by atoms with Crippen molar-refractivity contribution < 1.29 is 14.2 Å². The molecule has 0 radical (unpaired) electrons. The maximum atomic E-state index is 5.86. The minimum atomic E-state index is 0.256. The number of guanidine groups is 1. The van der Waals surface area contributed by atoms with Crippen LogP contribution in [-0.4, -0.2) is 89.3 Å². The van der Waals surface area contributed by atoms with Gasteiger partial charge in [-0.15, -0.1) is 0 Å². The van der Waals surface area contributed by atoms with Gasteiger partial charge in [-0.05, 0) is 38.0 Å². The van der Waals surface area contributed by atoms with Crippen LogP contribution in [0.1, 0.15) is 51.4 Å². The first-order chi connectivity index (χ1) is 14.3. The lowest BCUT2D eigenvalue weighted by Crippen LogP contribution is -2.60. The molecule has 0 unspecified atom stereocenters. The largest absolute Gasteiger partial charge is 0.381 e. The van der Waals surface area contributed by atoms with E-state index in [4.69, 9.17) is 14.2 Å². The average molecular weight is 411 g/mol. The Bertz CT molecular complexity index is 471. The first-order valence-corrected chi connectivity index (χ1v) is 11.8. The van der Waals surface area contributed by atoms with Gasteiger partial charge in [0.15, 0.2) is 5.96 Å². The summed E-state index contributed by atoms with van der Waals surface area (Å²) in [5.74, 6) is 1.59. The molecule has 2 N–H and O–H groups in total. The highest BCUT2D eigenvalue weighted by Crippen LogP contribution is 2.33. The van der Waals surface area contributed by atoms with E-state index in [1.165, 1.54) is 32.1 Å². The Labute approximate surface area is 176 Å². The standard InChI is InChI=1S/C22H42N4O3/c1-23-21(24-10-5-13-29-18-20-6-14-27-15-7-20)25-19-22(8-3-2-4-9-22)26-11-16-28-17-12-26/h20H,2-19H2,1H3,(H2,23,24,25). The number of hydrogen-bond donors (Lipinski definition) is 2. The van der Waals surface area contributed by atoms with E-state index in [9.17, 15) is 0 Å². The molecule has 0 aromatic rings. The SMILES string of the molecule is CN=C(NCCCOCC1CCOCC1)NCC1(N2CCOCC2)CCCCC1. The number of nitrogens with zero attached hydrogens (tertiary/aromatic N) is 2. The van der Waals surface area contributed by atoms with Crippen molar-refractivity contribution in [2.24, 2.45) is 10.9 Å². The summed E-state index contributed by atoms with van der Waals surface area (Å²) in [5.41, 5.74) is 0.256. The quantitative estimate of drug-likeness (QED) is 0.344. The van der Waals surface area contributed by atoms with E-state index < -0.39 is 0 Å². The van der Waals surface area contributed by atoms with Gasteiger partial charge < -0.3 is 24.8 Å². The van der Waals surface area contributed by atoms with E-state index in [0.717, 1.165) is 91.0 Å². The topological polar surface area (TPSA) is 67.4 Å². The van der Waals surface area contributed by atoms with Crippen molar-refractivity contribution in [1.82, 2.24) is 15.5 Å². The van der Waals surface area contributed by atoms with Crippen LogP contribution in [0.2, 0.25) is 0 Å². The molecule has 3 aliphatic rings. The van der Waals surface area contributed by atoms with Gasteiger partial charge in [-0.1, -0.05) is 19.3 Å². The van der Waals surface area contributed by atoms with Crippen LogP contribution in [0, 0.1) is 5.92 Å². The zero-order chi connectivity index (χ0) is 20.2. The average Bonchev–Trinajstić information content (AvgIpc) is 2.80. The molecule has 0 bridgehead atoms. The van der Waals surface area contributed by atoms with Crippen molar-refractivity contribution in [1.29, 1.82) is 0 Å². The Morgan fingerprint density at radius 3 is 2.48 bits per heavy atom. The maximum Gasteiger partial charge on any atom is 0.191 e. The van der Waals surface area contributed by atoms with Crippen molar-refractivity contribution in [2.75, 3.05) is 72.9 Å². The maximum absolute atomic E-state index is 5.86. The Balaban J connectivity index is 1.34. The van der Waals surface area contributed by atoms with Gasteiger partial charge in [-0.2, -0.15) is 0 Å². The molecular weight excluding hydrogens is 368 g/mol. The second-order valence-electron chi connectivity index (χ2n) is 8.72. The number of rotatable bonds is 9. The molecule has 0 aromatic heterocycles. The molecule has 168 valence electrons. The summed E-state index contributed by atoms with van der Waals surface area (Å²) in [6.45, 7) is 9.15. The zero-order valence-electron chi connectivity index (χ0n) is 18.4.